The van der Waals surface area contributed by atoms with Crippen LogP contribution in [0.4, 0.5) is 0 Å². The van der Waals surface area contributed by atoms with Crippen molar-refractivity contribution in [2.75, 3.05) is 13.7 Å². The second kappa shape index (κ2) is 5.43. The Balaban J connectivity index is 2.72. The van der Waals surface area contributed by atoms with Gasteiger partial charge in [-0.15, -0.1) is 0 Å². The van der Waals surface area contributed by atoms with E-state index < -0.39 is 10.1 Å². The highest BCUT2D eigenvalue weighted by Crippen LogP contribution is 2.13. The SMILES string of the molecule is COCC(C)Cc1ccc(S(=O)(=O)O)cc1. The fourth-order valence-corrected chi connectivity index (χ4v) is 2.02. The molecule has 1 rings (SSSR count). The van der Waals surface area contributed by atoms with E-state index in [2.05, 4.69) is 6.92 Å². The van der Waals surface area contributed by atoms with Gasteiger partial charge in [0.1, 0.15) is 0 Å². The van der Waals surface area contributed by atoms with Crippen LogP contribution in [0.2, 0.25) is 0 Å². The van der Waals surface area contributed by atoms with Gasteiger partial charge < -0.3 is 4.74 Å². The minimum atomic E-state index is -4.08. The average molecular weight is 244 g/mol. The first-order chi connectivity index (χ1) is 7.43. The van der Waals surface area contributed by atoms with Gasteiger partial charge in [0, 0.05) is 13.7 Å². The molecule has 5 heteroatoms. The normalized spacial score (nSPS) is 13.7. The molecule has 0 aliphatic rings. The van der Waals surface area contributed by atoms with Crippen molar-refractivity contribution in [2.24, 2.45) is 5.92 Å². The second-order valence-corrected chi connectivity index (χ2v) is 5.31. The monoisotopic (exact) mass is 244 g/mol. The zero-order valence-electron chi connectivity index (χ0n) is 9.38. The van der Waals surface area contributed by atoms with Gasteiger partial charge in [0.05, 0.1) is 4.90 Å². The van der Waals surface area contributed by atoms with Gasteiger partial charge in [-0.2, -0.15) is 8.42 Å². The van der Waals surface area contributed by atoms with E-state index in [9.17, 15) is 8.42 Å². The molecule has 90 valence electrons. The number of hydrogen-bond donors (Lipinski definition) is 1. The molecule has 0 aromatic heterocycles. The summed E-state index contributed by atoms with van der Waals surface area (Å²) in [4.78, 5) is -0.0735. The first-order valence-electron chi connectivity index (χ1n) is 4.99. The van der Waals surface area contributed by atoms with Gasteiger partial charge >= 0.3 is 0 Å². The summed E-state index contributed by atoms with van der Waals surface area (Å²) in [7, 11) is -2.43. The van der Waals surface area contributed by atoms with Crippen LogP contribution in [0.5, 0.6) is 0 Å². The Morgan fingerprint density at radius 2 is 1.88 bits per heavy atom. The quantitative estimate of drug-likeness (QED) is 0.802. The van der Waals surface area contributed by atoms with Crippen LogP contribution in [-0.2, 0) is 21.3 Å². The molecule has 1 unspecified atom stereocenters. The molecule has 0 saturated heterocycles. The van der Waals surface area contributed by atoms with Crippen LogP contribution < -0.4 is 0 Å². The van der Waals surface area contributed by atoms with E-state index in [4.69, 9.17) is 9.29 Å². The fourth-order valence-electron chi connectivity index (χ4n) is 1.54. The summed E-state index contributed by atoms with van der Waals surface area (Å²) in [5.41, 5.74) is 1.02. The van der Waals surface area contributed by atoms with Crippen molar-refractivity contribution in [2.45, 2.75) is 18.2 Å². The van der Waals surface area contributed by atoms with Crippen LogP contribution >= 0.6 is 0 Å². The van der Waals surface area contributed by atoms with E-state index >= 15 is 0 Å². The van der Waals surface area contributed by atoms with Crippen LogP contribution in [0.25, 0.3) is 0 Å². The van der Waals surface area contributed by atoms with Crippen LogP contribution in [-0.4, -0.2) is 26.7 Å². The Morgan fingerprint density at radius 3 is 2.31 bits per heavy atom. The minimum absolute atomic E-state index is 0.0735. The summed E-state index contributed by atoms with van der Waals surface area (Å²) in [6.07, 6.45) is 0.819. The average Bonchev–Trinajstić information content (AvgIpc) is 2.17. The van der Waals surface area contributed by atoms with Gasteiger partial charge in [0.15, 0.2) is 0 Å². The molecular formula is C11H16O4S. The highest BCUT2D eigenvalue weighted by molar-refractivity contribution is 7.85. The van der Waals surface area contributed by atoms with Crippen LogP contribution in [0.1, 0.15) is 12.5 Å². The standard InChI is InChI=1S/C11H16O4S/c1-9(8-15-2)7-10-3-5-11(6-4-10)16(12,13)14/h3-6,9H,7-8H2,1-2H3,(H,12,13,14). The summed E-state index contributed by atoms with van der Waals surface area (Å²) in [5, 5.41) is 0. The van der Waals surface area contributed by atoms with Crippen molar-refractivity contribution < 1.29 is 17.7 Å². The largest absolute Gasteiger partial charge is 0.384 e. The van der Waals surface area contributed by atoms with Crippen molar-refractivity contribution in [1.82, 2.24) is 0 Å². The summed E-state index contributed by atoms with van der Waals surface area (Å²) < 4.78 is 35.4. The van der Waals surface area contributed by atoms with E-state index in [0.29, 0.717) is 12.5 Å². The molecule has 1 atom stereocenters. The summed E-state index contributed by atoms with van der Waals surface area (Å²) in [5.74, 6) is 0.376. The molecule has 0 aliphatic heterocycles. The predicted octanol–water partition coefficient (Wildman–Crippen LogP) is 1.76. The number of ether oxygens (including phenoxy) is 1. The lowest BCUT2D eigenvalue weighted by molar-refractivity contribution is 0.159. The molecule has 1 aromatic rings. The molecular weight excluding hydrogens is 228 g/mol. The van der Waals surface area contributed by atoms with Gasteiger partial charge in [-0.3, -0.25) is 4.55 Å². The Hall–Kier alpha value is -0.910. The maximum atomic E-state index is 10.8. The Morgan fingerprint density at radius 1 is 1.31 bits per heavy atom. The predicted molar refractivity (Wildman–Crippen MR) is 61.0 cm³/mol. The van der Waals surface area contributed by atoms with Crippen molar-refractivity contribution >= 4 is 10.1 Å². The molecule has 1 N–H and O–H groups in total. The zero-order valence-corrected chi connectivity index (χ0v) is 10.2. The highest BCUT2D eigenvalue weighted by Gasteiger charge is 2.09. The highest BCUT2D eigenvalue weighted by atomic mass is 32.2. The number of benzene rings is 1. The molecule has 0 amide bonds. The number of methoxy groups -OCH3 is 1. The molecule has 0 saturated carbocycles. The van der Waals surface area contributed by atoms with E-state index in [0.717, 1.165) is 12.0 Å². The molecule has 0 fully saturated rings. The Labute approximate surface area is 96.0 Å². The van der Waals surface area contributed by atoms with Crippen LogP contribution in [0.3, 0.4) is 0 Å². The fraction of sp³-hybridized carbons (Fsp3) is 0.455. The number of hydrogen-bond acceptors (Lipinski definition) is 3. The van der Waals surface area contributed by atoms with E-state index in [1.807, 2.05) is 0 Å². The van der Waals surface area contributed by atoms with Gasteiger partial charge in [0.25, 0.3) is 10.1 Å². The molecule has 0 heterocycles. The minimum Gasteiger partial charge on any atom is -0.384 e. The van der Waals surface area contributed by atoms with E-state index in [1.54, 1.807) is 19.2 Å². The Bertz CT molecular complexity index is 422. The summed E-state index contributed by atoms with van der Waals surface area (Å²) in [6.45, 7) is 2.72. The lowest BCUT2D eigenvalue weighted by atomic mass is 10.0. The van der Waals surface area contributed by atoms with Gasteiger partial charge in [-0.05, 0) is 30.0 Å². The molecule has 4 nitrogen and oxygen atoms in total. The topological polar surface area (TPSA) is 63.6 Å². The molecule has 0 bridgehead atoms. The lowest BCUT2D eigenvalue weighted by Gasteiger charge is -2.10. The molecule has 0 aliphatic carbocycles. The maximum absolute atomic E-state index is 10.8. The first kappa shape index (κ1) is 13.2. The molecule has 0 radical (unpaired) electrons. The van der Waals surface area contributed by atoms with Gasteiger partial charge in [0.2, 0.25) is 0 Å². The smallest absolute Gasteiger partial charge is 0.294 e. The third kappa shape index (κ3) is 3.92. The maximum Gasteiger partial charge on any atom is 0.294 e. The second-order valence-electron chi connectivity index (χ2n) is 3.88. The summed E-state index contributed by atoms with van der Waals surface area (Å²) in [6, 6.07) is 6.22. The number of rotatable bonds is 5. The van der Waals surface area contributed by atoms with Crippen molar-refractivity contribution in [3.8, 4) is 0 Å². The van der Waals surface area contributed by atoms with Crippen LogP contribution in [0.15, 0.2) is 29.2 Å². The molecule has 0 spiro atoms. The van der Waals surface area contributed by atoms with E-state index in [1.165, 1.54) is 12.1 Å². The molecule has 1 aromatic carbocycles. The third-order valence-corrected chi connectivity index (χ3v) is 3.12. The van der Waals surface area contributed by atoms with Crippen molar-refractivity contribution in [3.05, 3.63) is 29.8 Å². The van der Waals surface area contributed by atoms with Gasteiger partial charge in [-0.25, -0.2) is 0 Å². The van der Waals surface area contributed by atoms with Gasteiger partial charge in [-0.1, -0.05) is 19.1 Å². The van der Waals surface area contributed by atoms with Crippen molar-refractivity contribution in [3.63, 3.8) is 0 Å². The van der Waals surface area contributed by atoms with Crippen LogP contribution in [0, 0.1) is 5.92 Å². The zero-order chi connectivity index (χ0) is 12.2. The molecule has 16 heavy (non-hydrogen) atoms. The lowest BCUT2D eigenvalue weighted by Crippen LogP contribution is -2.07. The van der Waals surface area contributed by atoms with Crippen molar-refractivity contribution in [1.29, 1.82) is 0 Å². The summed E-state index contributed by atoms with van der Waals surface area (Å²) >= 11 is 0. The van der Waals surface area contributed by atoms with E-state index in [-0.39, 0.29) is 4.90 Å². The first-order valence-corrected chi connectivity index (χ1v) is 6.43. The third-order valence-electron chi connectivity index (χ3n) is 2.26. The Kier molecular flexibility index (Phi) is 4.46.